The van der Waals surface area contributed by atoms with Gasteiger partial charge in [-0.1, -0.05) is 91.0 Å². The molecule has 2 unspecified atom stereocenters. The van der Waals surface area contributed by atoms with Crippen molar-refractivity contribution < 1.29 is 29.4 Å². The molecule has 0 bridgehead atoms. The Hall–Kier alpha value is -8.00. The first-order valence-corrected chi connectivity index (χ1v) is 23.2. The van der Waals surface area contributed by atoms with Crippen LogP contribution in [0.2, 0.25) is 0 Å². The van der Waals surface area contributed by atoms with E-state index in [0.29, 0.717) is 34.6 Å². The summed E-state index contributed by atoms with van der Waals surface area (Å²) < 4.78 is 0. The lowest BCUT2D eigenvalue weighted by Crippen LogP contribution is -2.44. The fourth-order valence-corrected chi connectivity index (χ4v) is 11.5. The Morgan fingerprint density at radius 1 is 0.588 bits per heavy atom. The second-order valence-electron chi connectivity index (χ2n) is 19.0. The van der Waals surface area contributed by atoms with Crippen LogP contribution >= 0.6 is 0 Å². The first kappa shape index (κ1) is 41.4. The van der Waals surface area contributed by atoms with Gasteiger partial charge in [0.25, 0.3) is 11.8 Å². The van der Waals surface area contributed by atoms with E-state index >= 15 is 0 Å². The Bertz CT molecular complexity index is 3370. The molecule has 340 valence electrons. The van der Waals surface area contributed by atoms with Gasteiger partial charge in [0.15, 0.2) is 0 Å². The molecule has 4 fully saturated rings. The molecule has 0 radical (unpaired) electrons. The van der Waals surface area contributed by atoms with Gasteiger partial charge in [0, 0.05) is 12.1 Å². The zero-order valence-electron chi connectivity index (χ0n) is 37.3. The van der Waals surface area contributed by atoms with Crippen molar-refractivity contribution >= 4 is 56.8 Å². The van der Waals surface area contributed by atoms with Gasteiger partial charge in [-0.05, 0) is 137 Å². The molecule has 6 aromatic carbocycles. The van der Waals surface area contributed by atoms with Gasteiger partial charge < -0.3 is 40.6 Å². The molecule has 4 aliphatic rings. The molecule has 68 heavy (non-hydrogen) atoms. The minimum Gasteiger partial charge on any atom is -0.465 e. The number of carbonyl (C=O) groups excluding carboxylic acids is 2. The summed E-state index contributed by atoms with van der Waals surface area (Å²) >= 11 is 0. The van der Waals surface area contributed by atoms with Gasteiger partial charge in [-0.25, -0.2) is 19.6 Å². The number of nitrogens with one attached hydrogen (secondary N) is 4. The minimum atomic E-state index is -1.25. The lowest BCUT2D eigenvalue weighted by atomic mass is 9.89. The largest absolute Gasteiger partial charge is 0.465 e. The number of amides is 4. The van der Waals surface area contributed by atoms with Crippen molar-refractivity contribution in [2.75, 3.05) is 0 Å². The first-order valence-electron chi connectivity index (χ1n) is 23.2. The molecule has 14 heteroatoms. The Morgan fingerprint density at radius 3 is 1.57 bits per heavy atom. The van der Waals surface area contributed by atoms with Crippen molar-refractivity contribution in [3.8, 4) is 22.3 Å². The molecule has 8 atom stereocenters. The van der Waals surface area contributed by atoms with Crippen LogP contribution in [0.4, 0.5) is 9.59 Å². The van der Waals surface area contributed by atoms with Gasteiger partial charge in [0.05, 0.1) is 34.2 Å². The number of likely N-dealkylation sites (tertiary alicyclic amines) is 2. The number of piperidine rings is 2. The number of carboxylic acid groups (broad SMARTS) is 2. The van der Waals surface area contributed by atoms with E-state index in [4.69, 9.17) is 9.97 Å². The van der Waals surface area contributed by atoms with Crippen LogP contribution in [0.15, 0.2) is 121 Å². The van der Waals surface area contributed by atoms with E-state index in [1.165, 1.54) is 0 Å². The van der Waals surface area contributed by atoms with Crippen molar-refractivity contribution in [3.05, 3.63) is 155 Å². The molecule has 2 aliphatic carbocycles. The van der Waals surface area contributed by atoms with Crippen molar-refractivity contribution in [2.24, 2.45) is 11.8 Å². The quantitative estimate of drug-likeness (QED) is 0.0780. The number of benzene rings is 6. The topological polar surface area (TPSA) is 197 Å². The van der Waals surface area contributed by atoms with Crippen LogP contribution in [0.1, 0.15) is 83.8 Å². The second-order valence-corrected chi connectivity index (χ2v) is 19.0. The van der Waals surface area contributed by atoms with Gasteiger partial charge in [0.1, 0.15) is 23.7 Å². The normalized spacial score (nSPS) is 22.2. The highest BCUT2D eigenvalue weighted by molar-refractivity contribution is 5.97. The second kappa shape index (κ2) is 15.8. The monoisotopic (exact) mass is 904 g/mol. The number of H-pyrrole nitrogens is 2. The standard InChI is InChI=1S/C54H48N8O6/c1-27-19-34-20-31(32-14-17-38-40(21-32)57-49(55-38)44-25-35-23-42(35)61(44)51(63)47(59-53(65)66)29-9-5-3-6-10-29)13-16-37(34)28(2)46(27)33-15-18-39-41(22-33)58-50(56-39)45-26-36-24-43(36)62(45)52(64)48(60-54(67)68)30-11-7-4-8-12-30/h3-22,35-36,42-45,47-48,59-60H,23-26H2,1-2H3,(H,55,57)(H,56,58)(H,65,66)(H,67,68)/t35-,36-,42?,43?,44+,45+,47-,48-/m1/s1. The van der Waals surface area contributed by atoms with Gasteiger partial charge in [-0.2, -0.15) is 0 Å². The van der Waals surface area contributed by atoms with E-state index in [-0.39, 0.29) is 36.0 Å². The van der Waals surface area contributed by atoms with E-state index < -0.39 is 24.3 Å². The maximum Gasteiger partial charge on any atom is 0.405 e. The number of aromatic nitrogens is 4. The predicted octanol–water partition coefficient (Wildman–Crippen LogP) is 9.88. The highest BCUT2D eigenvalue weighted by atomic mass is 16.4. The molecular weight excluding hydrogens is 857 g/mol. The first-order chi connectivity index (χ1) is 33.0. The van der Waals surface area contributed by atoms with Crippen LogP contribution in [0.5, 0.6) is 0 Å². The van der Waals surface area contributed by atoms with Crippen molar-refractivity contribution in [3.63, 3.8) is 0 Å². The summed E-state index contributed by atoms with van der Waals surface area (Å²) in [4.78, 5) is 72.8. The number of nitrogens with zero attached hydrogens (tertiary/aromatic N) is 4. The number of hydrogen-bond acceptors (Lipinski definition) is 6. The zero-order valence-corrected chi connectivity index (χ0v) is 37.3. The molecule has 2 aromatic heterocycles. The number of aryl methyl sites for hydroxylation is 2. The summed E-state index contributed by atoms with van der Waals surface area (Å²) in [6, 6.07) is 36.8. The molecule has 0 spiro atoms. The van der Waals surface area contributed by atoms with Crippen molar-refractivity contribution in [2.45, 2.75) is 75.8 Å². The van der Waals surface area contributed by atoms with E-state index in [0.717, 1.165) is 91.9 Å². The molecule has 14 nitrogen and oxygen atoms in total. The summed E-state index contributed by atoms with van der Waals surface area (Å²) in [7, 11) is 0. The Labute approximate surface area is 390 Å². The third-order valence-corrected chi connectivity index (χ3v) is 14.9. The van der Waals surface area contributed by atoms with Crippen molar-refractivity contribution in [1.82, 2.24) is 40.4 Å². The van der Waals surface area contributed by atoms with E-state index in [2.05, 4.69) is 83.0 Å². The number of aromatic amines is 2. The summed E-state index contributed by atoms with van der Waals surface area (Å²) in [5, 5.41) is 26.5. The van der Waals surface area contributed by atoms with Gasteiger partial charge in [0.2, 0.25) is 0 Å². The molecule has 8 aromatic rings. The molecule has 2 saturated heterocycles. The van der Waals surface area contributed by atoms with Gasteiger partial charge >= 0.3 is 12.2 Å². The smallest absolute Gasteiger partial charge is 0.405 e. The summed E-state index contributed by atoms with van der Waals surface area (Å²) in [5.41, 5.74) is 11.1. The van der Waals surface area contributed by atoms with Crippen LogP contribution in [-0.2, 0) is 9.59 Å². The third kappa shape index (κ3) is 7.09. The van der Waals surface area contributed by atoms with E-state index in [1.54, 1.807) is 48.5 Å². The zero-order chi connectivity index (χ0) is 46.5. The molecule has 4 amide bonds. The SMILES string of the molecule is Cc1cc2cc(-c3ccc4nc([C@@H]5C[C@H]6CC6N5C(=O)[C@H](NC(=O)O)c5ccccc5)[nH]c4c3)ccc2c(C)c1-c1ccc2nc([C@@H]3C[C@H]4CC4N3C(=O)[C@H](NC(=O)O)c3ccccc3)[nH]c2c1. The number of carbonyl (C=O) groups is 4. The van der Waals surface area contributed by atoms with E-state index in [9.17, 15) is 29.4 Å². The highest BCUT2D eigenvalue weighted by Crippen LogP contribution is 2.55. The van der Waals surface area contributed by atoms with Crippen LogP contribution in [0.3, 0.4) is 0 Å². The van der Waals surface area contributed by atoms with Crippen LogP contribution in [0.25, 0.3) is 55.1 Å². The van der Waals surface area contributed by atoms with Crippen LogP contribution in [0, 0.1) is 25.7 Å². The number of rotatable bonds is 10. The minimum absolute atomic E-state index is 0.0610. The molecule has 2 saturated carbocycles. The maximum absolute atomic E-state index is 14.2. The Kier molecular flexibility index (Phi) is 9.64. The number of hydrogen-bond donors (Lipinski definition) is 6. The summed E-state index contributed by atoms with van der Waals surface area (Å²) in [6.45, 7) is 4.30. The number of imidazole rings is 2. The number of fused-ring (bicyclic) bond motifs is 5. The van der Waals surface area contributed by atoms with Gasteiger partial charge in [-0.15, -0.1) is 0 Å². The Balaban J connectivity index is 0.805. The van der Waals surface area contributed by atoms with Crippen LogP contribution in [-0.4, -0.2) is 76.0 Å². The summed E-state index contributed by atoms with van der Waals surface area (Å²) in [6.07, 6.45) is 0.857. The van der Waals surface area contributed by atoms with Crippen molar-refractivity contribution in [1.29, 1.82) is 0 Å². The molecular formula is C54H48N8O6. The lowest BCUT2D eigenvalue weighted by Gasteiger charge is -2.30. The van der Waals surface area contributed by atoms with E-state index in [1.807, 2.05) is 34.1 Å². The Morgan fingerprint density at radius 2 is 1.06 bits per heavy atom. The molecule has 4 heterocycles. The van der Waals surface area contributed by atoms with Gasteiger partial charge in [-0.3, -0.25) is 9.59 Å². The maximum atomic E-state index is 14.2. The average Bonchev–Trinajstić information content (AvgIpc) is 4.00. The highest BCUT2D eigenvalue weighted by Gasteiger charge is 2.57. The molecule has 12 rings (SSSR count). The van der Waals surface area contributed by atoms with Crippen LogP contribution < -0.4 is 10.6 Å². The fraction of sp³-hybridized carbons (Fsp3) is 0.259. The molecule has 2 aliphatic heterocycles. The fourth-order valence-electron chi connectivity index (χ4n) is 11.5. The lowest BCUT2D eigenvalue weighted by molar-refractivity contribution is -0.136. The average molecular weight is 905 g/mol. The third-order valence-electron chi connectivity index (χ3n) is 14.9. The summed E-state index contributed by atoms with van der Waals surface area (Å²) in [5.74, 6) is 1.61. The predicted molar refractivity (Wildman–Crippen MR) is 256 cm³/mol. The molecule has 6 N–H and O–H groups in total.